The maximum absolute atomic E-state index is 13.5. The molecule has 8 nitrogen and oxygen atoms in total. The van der Waals surface area contributed by atoms with Crippen molar-refractivity contribution in [3.8, 4) is 6.07 Å². The molecule has 32 heavy (non-hydrogen) atoms. The Kier molecular flexibility index (Phi) is 6.14. The first-order valence-corrected chi connectivity index (χ1v) is 10.4. The Labute approximate surface area is 185 Å². The lowest BCUT2D eigenvalue weighted by Crippen LogP contribution is -2.46. The molecule has 0 unspecified atom stereocenters. The number of carbonyl (C=O) groups is 1. The van der Waals surface area contributed by atoms with Crippen molar-refractivity contribution in [2.24, 2.45) is 5.73 Å². The van der Waals surface area contributed by atoms with E-state index in [0.29, 0.717) is 18.5 Å². The number of anilines is 2. The third-order valence-corrected chi connectivity index (χ3v) is 5.90. The largest absolute Gasteiger partial charge is 0.365 e. The number of benzene rings is 1. The third-order valence-electron chi connectivity index (χ3n) is 5.90. The SMILES string of the molecule is N#CCC1(n2cc(C(N)=O)c(Nc3ccnc(F)c3)n2)CCN(Cc2ccccc2)CC1. The lowest BCUT2D eigenvalue weighted by atomic mass is 9.84. The van der Waals surface area contributed by atoms with Crippen molar-refractivity contribution in [2.75, 3.05) is 18.4 Å². The summed E-state index contributed by atoms with van der Waals surface area (Å²) < 4.78 is 15.2. The summed E-state index contributed by atoms with van der Waals surface area (Å²) in [4.78, 5) is 17.9. The number of nitrogens with two attached hydrogens (primary N) is 1. The van der Waals surface area contributed by atoms with Crippen LogP contribution in [0.25, 0.3) is 0 Å². The zero-order valence-electron chi connectivity index (χ0n) is 17.5. The molecule has 0 spiro atoms. The van der Waals surface area contributed by atoms with E-state index in [-0.39, 0.29) is 17.8 Å². The van der Waals surface area contributed by atoms with E-state index in [1.165, 1.54) is 17.8 Å². The van der Waals surface area contributed by atoms with Crippen molar-refractivity contribution in [1.82, 2.24) is 19.7 Å². The van der Waals surface area contributed by atoms with Gasteiger partial charge in [0.1, 0.15) is 5.56 Å². The van der Waals surface area contributed by atoms with Gasteiger partial charge in [0, 0.05) is 43.8 Å². The zero-order chi connectivity index (χ0) is 22.6. The second kappa shape index (κ2) is 9.16. The number of pyridine rings is 1. The summed E-state index contributed by atoms with van der Waals surface area (Å²) in [7, 11) is 0. The summed E-state index contributed by atoms with van der Waals surface area (Å²) >= 11 is 0. The minimum atomic E-state index is -0.651. The molecule has 0 aliphatic carbocycles. The first kappa shape index (κ1) is 21.5. The second-order valence-electron chi connectivity index (χ2n) is 8.01. The van der Waals surface area contributed by atoms with Crippen LogP contribution in [0.4, 0.5) is 15.9 Å². The second-order valence-corrected chi connectivity index (χ2v) is 8.01. The van der Waals surface area contributed by atoms with Crippen LogP contribution in [0.15, 0.2) is 54.9 Å². The number of hydrogen-bond donors (Lipinski definition) is 2. The monoisotopic (exact) mass is 433 g/mol. The number of nitriles is 1. The summed E-state index contributed by atoms with van der Waals surface area (Å²) in [6.45, 7) is 2.43. The summed E-state index contributed by atoms with van der Waals surface area (Å²) in [5.74, 6) is -1.07. The van der Waals surface area contributed by atoms with Gasteiger partial charge in [0.05, 0.1) is 18.0 Å². The maximum Gasteiger partial charge on any atom is 0.254 e. The molecule has 1 aliphatic rings. The zero-order valence-corrected chi connectivity index (χ0v) is 17.5. The normalized spacial score (nSPS) is 15.8. The van der Waals surface area contributed by atoms with E-state index in [0.717, 1.165) is 19.6 Å². The van der Waals surface area contributed by atoms with Crippen LogP contribution in [0.2, 0.25) is 0 Å². The lowest BCUT2D eigenvalue weighted by Gasteiger charge is -2.40. The Bertz CT molecular complexity index is 1130. The van der Waals surface area contributed by atoms with Crippen molar-refractivity contribution in [1.29, 1.82) is 5.26 Å². The molecule has 0 radical (unpaired) electrons. The van der Waals surface area contributed by atoms with Crippen LogP contribution in [0.1, 0.15) is 35.2 Å². The maximum atomic E-state index is 13.5. The van der Waals surface area contributed by atoms with Crippen LogP contribution in [0, 0.1) is 17.3 Å². The molecule has 2 aromatic heterocycles. The van der Waals surface area contributed by atoms with E-state index in [1.807, 2.05) is 18.2 Å². The molecule has 0 bridgehead atoms. The van der Waals surface area contributed by atoms with Gasteiger partial charge in [-0.1, -0.05) is 30.3 Å². The predicted octanol–water partition coefficient (Wildman–Crippen LogP) is 3.16. The average Bonchev–Trinajstić information content (AvgIpc) is 3.21. The van der Waals surface area contributed by atoms with E-state index in [9.17, 15) is 14.4 Å². The van der Waals surface area contributed by atoms with Gasteiger partial charge in [-0.25, -0.2) is 4.98 Å². The minimum Gasteiger partial charge on any atom is -0.365 e. The summed E-state index contributed by atoms with van der Waals surface area (Å²) in [5.41, 5.74) is 6.86. The molecule has 0 saturated carbocycles. The number of aromatic nitrogens is 3. The molecule has 3 aromatic rings. The molecule has 4 rings (SSSR count). The molecule has 9 heteroatoms. The molecule has 1 saturated heterocycles. The van der Waals surface area contributed by atoms with Crippen LogP contribution in [0.3, 0.4) is 0 Å². The molecule has 1 fully saturated rings. The molecule has 164 valence electrons. The fourth-order valence-corrected chi connectivity index (χ4v) is 4.11. The smallest absolute Gasteiger partial charge is 0.254 e. The number of nitrogens with zero attached hydrogens (tertiary/aromatic N) is 5. The Hall–Kier alpha value is -3.77. The summed E-state index contributed by atoms with van der Waals surface area (Å²) in [6, 6.07) is 15.3. The average molecular weight is 433 g/mol. The number of hydrogen-bond acceptors (Lipinski definition) is 6. The van der Waals surface area contributed by atoms with Gasteiger partial charge in [0.2, 0.25) is 5.95 Å². The molecule has 3 heterocycles. The minimum absolute atomic E-state index is 0.186. The highest BCUT2D eigenvalue weighted by Gasteiger charge is 2.38. The first-order valence-electron chi connectivity index (χ1n) is 10.4. The van der Waals surface area contributed by atoms with Crippen molar-refractivity contribution >= 4 is 17.4 Å². The van der Waals surface area contributed by atoms with Crippen LogP contribution in [0.5, 0.6) is 0 Å². The Morgan fingerprint density at radius 1 is 1.25 bits per heavy atom. The van der Waals surface area contributed by atoms with Crippen LogP contribution in [-0.2, 0) is 12.1 Å². The van der Waals surface area contributed by atoms with Crippen LogP contribution < -0.4 is 11.1 Å². The number of amides is 1. The number of piperidine rings is 1. The van der Waals surface area contributed by atoms with E-state index < -0.39 is 17.4 Å². The van der Waals surface area contributed by atoms with Gasteiger partial charge in [0.15, 0.2) is 5.82 Å². The molecule has 1 aliphatic heterocycles. The van der Waals surface area contributed by atoms with Crippen molar-refractivity contribution in [3.63, 3.8) is 0 Å². The van der Waals surface area contributed by atoms with Crippen LogP contribution >= 0.6 is 0 Å². The molecule has 1 aromatic carbocycles. The number of nitrogens with one attached hydrogen (secondary N) is 1. The van der Waals surface area contributed by atoms with Crippen molar-refractivity contribution < 1.29 is 9.18 Å². The van der Waals surface area contributed by atoms with Gasteiger partial charge in [-0.3, -0.25) is 14.4 Å². The van der Waals surface area contributed by atoms with E-state index in [2.05, 4.69) is 38.5 Å². The highest BCUT2D eigenvalue weighted by molar-refractivity contribution is 5.98. The highest BCUT2D eigenvalue weighted by Crippen LogP contribution is 2.35. The van der Waals surface area contributed by atoms with E-state index in [1.54, 1.807) is 16.9 Å². The fourth-order valence-electron chi connectivity index (χ4n) is 4.11. The molecule has 3 N–H and O–H groups in total. The number of carbonyl (C=O) groups excluding carboxylic acids is 1. The summed E-state index contributed by atoms with van der Waals surface area (Å²) in [6.07, 6.45) is 4.58. The Morgan fingerprint density at radius 3 is 2.66 bits per heavy atom. The lowest BCUT2D eigenvalue weighted by molar-refractivity contribution is 0.0967. The standard InChI is InChI=1S/C23H24FN7O/c24-20-14-18(6-11-27-20)28-22-19(21(26)32)16-31(29-22)23(7-10-25)8-12-30(13-9-23)15-17-4-2-1-3-5-17/h1-6,11,14,16H,7-9,12-13,15H2,(H2,26,32)(H,27,28,29). The fraction of sp³-hybridized carbons (Fsp3) is 0.304. The molecule has 0 atom stereocenters. The topological polar surface area (TPSA) is 113 Å². The Morgan fingerprint density at radius 2 is 2.00 bits per heavy atom. The van der Waals surface area contributed by atoms with Crippen molar-refractivity contribution in [3.05, 3.63) is 71.9 Å². The van der Waals surface area contributed by atoms with Gasteiger partial charge >= 0.3 is 0 Å². The van der Waals surface area contributed by atoms with E-state index in [4.69, 9.17) is 5.73 Å². The highest BCUT2D eigenvalue weighted by atomic mass is 19.1. The number of primary amides is 1. The number of likely N-dealkylation sites (tertiary alicyclic amines) is 1. The third kappa shape index (κ3) is 4.60. The van der Waals surface area contributed by atoms with Crippen molar-refractivity contribution in [2.45, 2.75) is 31.3 Å². The Balaban J connectivity index is 1.57. The number of halogens is 1. The summed E-state index contributed by atoms with van der Waals surface area (Å²) in [5, 5.41) is 17.1. The number of rotatable bonds is 7. The van der Waals surface area contributed by atoms with E-state index >= 15 is 0 Å². The predicted molar refractivity (Wildman–Crippen MR) is 117 cm³/mol. The molecular weight excluding hydrogens is 409 g/mol. The van der Waals surface area contributed by atoms with Gasteiger partial charge in [-0.2, -0.15) is 14.8 Å². The van der Waals surface area contributed by atoms with Gasteiger partial charge in [0.25, 0.3) is 5.91 Å². The quantitative estimate of drug-likeness (QED) is 0.554. The van der Waals surface area contributed by atoms with Gasteiger partial charge in [-0.15, -0.1) is 0 Å². The van der Waals surface area contributed by atoms with Crippen LogP contribution in [-0.4, -0.2) is 38.7 Å². The van der Waals surface area contributed by atoms with Gasteiger partial charge in [-0.05, 0) is 24.5 Å². The molecule has 1 amide bonds. The van der Waals surface area contributed by atoms with Gasteiger partial charge < -0.3 is 11.1 Å². The molecular formula is C23H24FN7O. The first-order chi connectivity index (χ1) is 15.5.